The first-order chi connectivity index (χ1) is 5.79. The first kappa shape index (κ1) is 8.70. The lowest BCUT2D eigenvalue weighted by Gasteiger charge is -2.16. The zero-order valence-electron chi connectivity index (χ0n) is 7.24. The van der Waals surface area contributed by atoms with Crippen LogP contribution in [-0.4, -0.2) is 39.1 Å². The summed E-state index contributed by atoms with van der Waals surface area (Å²) in [7, 11) is 0. The van der Waals surface area contributed by atoms with Gasteiger partial charge in [0.15, 0.2) is 0 Å². The van der Waals surface area contributed by atoms with Gasteiger partial charge in [-0.05, 0) is 13.8 Å². The predicted octanol–water partition coefficient (Wildman–Crippen LogP) is 0.287. The molecule has 0 saturated carbocycles. The molecule has 1 aromatic heterocycles. The van der Waals surface area contributed by atoms with Crippen LogP contribution in [0, 0.1) is 0 Å². The molecule has 1 N–H and O–H groups in total. The fourth-order valence-electron chi connectivity index (χ4n) is 0.969. The molecule has 0 atom stereocenters. The fourth-order valence-corrected chi connectivity index (χ4v) is 0.969. The molecule has 12 heavy (non-hydrogen) atoms. The molecule has 5 heteroatoms. The van der Waals surface area contributed by atoms with Crippen LogP contribution in [-0.2, 0) is 0 Å². The second kappa shape index (κ2) is 3.85. The number of carbonyl (C=O) groups excluding carboxylic acids is 1. The Balaban J connectivity index is 2.70. The van der Waals surface area contributed by atoms with E-state index in [9.17, 15) is 4.79 Å². The van der Waals surface area contributed by atoms with Gasteiger partial charge in [-0.1, -0.05) is 0 Å². The summed E-state index contributed by atoms with van der Waals surface area (Å²) < 4.78 is 0. The minimum atomic E-state index is -0.0995. The van der Waals surface area contributed by atoms with Crippen LogP contribution in [0.15, 0.2) is 6.33 Å². The van der Waals surface area contributed by atoms with Crippen molar-refractivity contribution in [3.63, 3.8) is 0 Å². The number of rotatable bonds is 3. The number of hydrogen-bond acceptors (Lipinski definition) is 3. The van der Waals surface area contributed by atoms with Crippen LogP contribution >= 0.6 is 0 Å². The minimum absolute atomic E-state index is 0.0995. The van der Waals surface area contributed by atoms with Gasteiger partial charge in [-0.3, -0.25) is 9.89 Å². The van der Waals surface area contributed by atoms with E-state index >= 15 is 0 Å². The van der Waals surface area contributed by atoms with E-state index in [1.165, 1.54) is 6.33 Å². The van der Waals surface area contributed by atoms with Gasteiger partial charge in [-0.2, -0.15) is 5.10 Å². The summed E-state index contributed by atoms with van der Waals surface area (Å²) in [5, 5.41) is 6.14. The normalized spacial score (nSPS) is 9.83. The topological polar surface area (TPSA) is 61.9 Å². The number of carbonyl (C=O) groups is 1. The summed E-state index contributed by atoms with van der Waals surface area (Å²) in [6.07, 6.45) is 1.33. The standard InChI is InChI=1S/C7H12N4O/c1-3-11(4-2)7(12)6-8-5-9-10-6/h5H,3-4H2,1-2H3,(H,8,9,10). The molecule has 0 unspecified atom stereocenters. The van der Waals surface area contributed by atoms with E-state index in [1.54, 1.807) is 4.90 Å². The van der Waals surface area contributed by atoms with E-state index in [1.807, 2.05) is 13.8 Å². The van der Waals surface area contributed by atoms with Crippen molar-refractivity contribution < 1.29 is 4.79 Å². The highest BCUT2D eigenvalue weighted by molar-refractivity contribution is 5.90. The average Bonchev–Trinajstić information content (AvgIpc) is 2.58. The van der Waals surface area contributed by atoms with E-state index in [0.717, 1.165) is 0 Å². The Morgan fingerprint density at radius 3 is 2.67 bits per heavy atom. The summed E-state index contributed by atoms with van der Waals surface area (Å²) in [6.45, 7) is 5.24. The Labute approximate surface area is 70.8 Å². The largest absolute Gasteiger partial charge is 0.337 e. The van der Waals surface area contributed by atoms with Gasteiger partial charge < -0.3 is 4.90 Å². The average molecular weight is 168 g/mol. The second-order valence-electron chi connectivity index (χ2n) is 2.31. The molecule has 1 rings (SSSR count). The van der Waals surface area contributed by atoms with E-state index in [2.05, 4.69) is 15.2 Å². The van der Waals surface area contributed by atoms with Crippen LogP contribution in [0.3, 0.4) is 0 Å². The Morgan fingerprint density at radius 1 is 1.58 bits per heavy atom. The molecule has 0 aliphatic carbocycles. The highest BCUT2D eigenvalue weighted by Crippen LogP contribution is 1.95. The molecule has 0 aliphatic heterocycles. The maximum atomic E-state index is 11.5. The Kier molecular flexibility index (Phi) is 2.79. The van der Waals surface area contributed by atoms with Crippen molar-refractivity contribution in [3.8, 4) is 0 Å². The number of hydrogen-bond donors (Lipinski definition) is 1. The Bertz CT molecular complexity index is 240. The highest BCUT2D eigenvalue weighted by Gasteiger charge is 2.14. The Hall–Kier alpha value is -1.39. The molecule has 0 aromatic carbocycles. The lowest BCUT2D eigenvalue weighted by Crippen LogP contribution is -2.31. The molecule has 1 aromatic rings. The summed E-state index contributed by atoms with van der Waals surface area (Å²) in [4.78, 5) is 16.9. The van der Waals surface area contributed by atoms with Crippen molar-refractivity contribution >= 4 is 5.91 Å². The molecule has 0 fully saturated rings. The maximum Gasteiger partial charge on any atom is 0.291 e. The minimum Gasteiger partial charge on any atom is -0.337 e. The van der Waals surface area contributed by atoms with E-state index in [0.29, 0.717) is 18.9 Å². The molecule has 0 spiro atoms. The van der Waals surface area contributed by atoms with Crippen LogP contribution in [0.2, 0.25) is 0 Å². The summed E-state index contributed by atoms with van der Waals surface area (Å²) >= 11 is 0. The zero-order valence-corrected chi connectivity index (χ0v) is 7.24. The lowest BCUT2D eigenvalue weighted by atomic mass is 10.4. The van der Waals surface area contributed by atoms with Gasteiger partial charge in [0.2, 0.25) is 5.82 Å². The maximum absolute atomic E-state index is 11.5. The molecular formula is C7H12N4O. The number of nitrogens with one attached hydrogen (secondary N) is 1. The first-order valence-electron chi connectivity index (χ1n) is 3.94. The van der Waals surface area contributed by atoms with Crippen LogP contribution < -0.4 is 0 Å². The molecule has 0 saturated heterocycles. The molecule has 1 amide bonds. The number of aromatic amines is 1. The third-order valence-electron chi connectivity index (χ3n) is 1.67. The number of H-pyrrole nitrogens is 1. The number of nitrogens with zero attached hydrogens (tertiary/aromatic N) is 3. The van der Waals surface area contributed by atoms with Crippen molar-refractivity contribution in [2.75, 3.05) is 13.1 Å². The number of amides is 1. The van der Waals surface area contributed by atoms with Crippen molar-refractivity contribution in [3.05, 3.63) is 12.2 Å². The molecule has 5 nitrogen and oxygen atoms in total. The molecule has 0 radical (unpaired) electrons. The first-order valence-corrected chi connectivity index (χ1v) is 3.94. The summed E-state index contributed by atoms with van der Waals surface area (Å²) in [5.41, 5.74) is 0. The zero-order chi connectivity index (χ0) is 8.97. The van der Waals surface area contributed by atoms with E-state index in [-0.39, 0.29) is 5.91 Å². The van der Waals surface area contributed by atoms with E-state index < -0.39 is 0 Å². The van der Waals surface area contributed by atoms with Gasteiger partial charge in [0.05, 0.1) is 0 Å². The van der Waals surface area contributed by atoms with Gasteiger partial charge in [0.1, 0.15) is 6.33 Å². The van der Waals surface area contributed by atoms with Crippen LogP contribution in [0.1, 0.15) is 24.5 Å². The van der Waals surface area contributed by atoms with Gasteiger partial charge in [0.25, 0.3) is 5.91 Å². The molecular weight excluding hydrogens is 156 g/mol. The van der Waals surface area contributed by atoms with Gasteiger partial charge in [-0.25, -0.2) is 4.98 Å². The molecule has 0 bridgehead atoms. The smallest absolute Gasteiger partial charge is 0.291 e. The third kappa shape index (κ3) is 1.61. The van der Waals surface area contributed by atoms with Gasteiger partial charge in [-0.15, -0.1) is 0 Å². The quantitative estimate of drug-likeness (QED) is 0.705. The van der Waals surface area contributed by atoms with E-state index in [4.69, 9.17) is 0 Å². The predicted molar refractivity (Wildman–Crippen MR) is 43.6 cm³/mol. The SMILES string of the molecule is CCN(CC)C(=O)c1ncn[nH]1. The van der Waals surface area contributed by atoms with Crippen molar-refractivity contribution in [1.29, 1.82) is 0 Å². The summed E-state index contributed by atoms with van der Waals surface area (Å²) in [6, 6.07) is 0. The van der Waals surface area contributed by atoms with Crippen LogP contribution in [0.4, 0.5) is 0 Å². The second-order valence-corrected chi connectivity index (χ2v) is 2.31. The molecule has 0 aliphatic rings. The number of aromatic nitrogens is 3. The third-order valence-corrected chi connectivity index (χ3v) is 1.67. The Morgan fingerprint density at radius 2 is 2.25 bits per heavy atom. The van der Waals surface area contributed by atoms with Gasteiger partial charge >= 0.3 is 0 Å². The molecule has 1 heterocycles. The van der Waals surface area contributed by atoms with Gasteiger partial charge in [0, 0.05) is 13.1 Å². The van der Waals surface area contributed by atoms with Crippen LogP contribution in [0.25, 0.3) is 0 Å². The monoisotopic (exact) mass is 168 g/mol. The van der Waals surface area contributed by atoms with Crippen molar-refractivity contribution in [1.82, 2.24) is 20.1 Å². The van der Waals surface area contributed by atoms with Crippen molar-refractivity contribution in [2.45, 2.75) is 13.8 Å². The summed E-state index contributed by atoms with van der Waals surface area (Å²) in [5.74, 6) is 0.205. The molecule has 66 valence electrons. The van der Waals surface area contributed by atoms with Crippen molar-refractivity contribution in [2.24, 2.45) is 0 Å². The lowest BCUT2D eigenvalue weighted by molar-refractivity contribution is 0.0761. The fraction of sp³-hybridized carbons (Fsp3) is 0.571. The van der Waals surface area contributed by atoms with Crippen LogP contribution in [0.5, 0.6) is 0 Å². The highest BCUT2D eigenvalue weighted by atomic mass is 16.2.